The highest BCUT2D eigenvalue weighted by Gasteiger charge is 2.23. The van der Waals surface area contributed by atoms with Crippen molar-refractivity contribution in [3.8, 4) is 0 Å². The van der Waals surface area contributed by atoms with E-state index in [9.17, 15) is 19.4 Å². The number of aliphatic hydroxyl groups excluding tert-OH is 1. The number of amides is 1. The molecule has 0 bridgehead atoms. The van der Waals surface area contributed by atoms with Crippen LogP contribution in [0.1, 0.15) is 219 Å². The average molecular weight is 943 g/mol. The highest BCUT2D eigenvalue weighted by atomic mass is 31.2. The van der Waals surface area contributed by atoms with E-state index in [1.165, 1.54) is 128 Å². The maximum Gasteiger partial charge on any atom is 0.268 e. The van der Waals surface area contributed by atoms with E-state index in [4.69, 9.17) is 9.05 Å². The minimum atomic E-state index is -4.61. The number of nitrogens with zero attached hydrogens (tertiary/aromatic N) is 1. The Balaban J connectivity index is 4.27. The van der Waals surface area contributed by atoms with Crippen molar-refractivity contribution in [2.45, 2.75) is 231 Å². The summed E-state index contributed by atoms with van der Waals surface area (Å²) >= 11 is 0. The number of rotatable bonds is 48. The number of carbonyl (C=O) groups is 1. The predicted molar refractivity (Wildman–Crippen MR) is 283 cm³/mol. The highest BCUT2D eigenvalue weighted by molar-refractivity contribution is 7.45. The van der Waals surface area contributed by atoms with E-state index in [-0.39, 0.29) is 12.5 Å². The van der Waals surface area contributed by atoms with Crippen molar-refractivity contribution in [3.63, 3.8) is 0 Å². The van der Waals surface area contributed by atoms with Gasteiger partial charge in [0.1, 0.15) is 13.2 Å². The number of carbonyl (C=O) groups excluding carboxylic acids is 1. The molecular weight excluding hydrogens is 840 g/mol. The summed E-state index contributed by atoms with van der Waals surface area (Å²) in [6.45, 7) is 4.50. The van der Waals surface area contributed by atoms with Gasteiger partial charge in [-0.25, -0.2) is 0 Å². The van der Waals surface area contributed by atoms with Crippen molar-refractivity contribution < 1.29 is 32.9 Å². The summed E-state index contributed by atoms with van der Waals surface area (Å²) in [5, 5.41) is 13.8. The maximum atomic E-state index is 12.9. The number of unbranched alkanes of at least 4 members (excludes halogenated alkanes) is 23. The van der Waals surface area contributed by atoms with Gasteiger partial charge in [-0.1, -0.05) is 214 Å². The molecule has 2 N–H and O–H groups in total. The van der Waals surface area contributed by atoms with Crippen LogP contribution in [0.3, 0.4) is 0 Å². The fourth-order valence-electron chi connectivity index (χ4n) is 7.35. The van der Waals surface area contributed by atoms with Crippen molar-refractivity contribution in [2.24, 2.45) is 0 Å². The molecule has 0 heterocycles. The number of hydrogen-bond donors (Lipinski definition) is 2. The molecule has 0 aromatic heterocycles. The van der Waals surface area contributed by atoms with Crippen LogP contribution in [-0.2, 0) is 18.4 Å². The van der Waals surface area contributed by atoms with Crippen LogP contribution in [0.5, 0.6) is 0 Å². The van der Waals surface area contributed by atoms with Gasteiger partial charge in [0.2, 0.25) is 5.91 Å². The third kappa shape index (κ3) is 49.6. The molecule has 0 saturated heterocycles. The van der Waals surface area contributed by atoms with E-state index in [2.05, 4.69) is 92.1 Å². The summed E-state index contributed by atoms with van der Waals surface area (Å²) < 4.78 is 23.3. The molecule has 382 valence electrons. The molecule has 9 heteroatoms. The minimum absolute atomic E-state index is 0.0121. The second-order valence-corrected chi connectivity index (χ2v) is 20.6. The van der Waals surface area contributed by atoms with Crippen molar-refractivity contribution in [3.05, 3.63) is 85.1 Å². The molecule has 66 heavy (non-hydrogen) atoms. The number of allylic oxidation sites excluding steroid dienone is 13. The van der Waals surface area contributed by atoms with Gasteiger partial charge in [0, 0.05) is 6.42 Å². The Hall–Kier alpha value is -2.32. The summed E-state index contributed by atoms with van der Waals surface area (Å²) in [5.41, 5.74) is 0. The minimum Gasteiger partial charge on any atom is -0.756 e. The van der Waals surface area contributed by atoms with E-state index in [1.807, 2.05) is 27.2 Å². The van der Waals surface area contributed by atoms with E-state index in [0.717, 1.165) is 70.6 Å². The Kier molecular flexibility index (Phi) is 46.1. The van der Waals surface area contributed by atoms with Gasteiger partial charge in [-0.15, -0.1) is 0 Å². The number of nitrogens with one attached hydrogen (secondary N) is 1. The Morgan fingerprint density at radius 1 is 0.545 bits per heavy atom. The average Bonchev–Trinajstić information content (AvgIpc) is 3.28. The van der Waals surface area contributed by atoms with Gasteiger partial charge in [0.05, 0.1) is 39.9 Å². The van der Waals surface area contributed by atoms with Crippen molar-refractivity contribution in [1.82, 2.24) is 5.32 Å². The van der Waals surface area contributed by atoms with E-state index < -0.39 is 26.6 Å². The number of quaternary nitrogens is 1. The second kappa shape index (κ2) is 47.7. The highest BCUT2D eigenvalue weighted by Crippen LogP contribution is 2.38. The Morgan fingerprint density at radius 2 is 0.939 bits per heavy atom. The van der Waals surface area contributed by atoms with Crippen LogP contribution in [-0.4, -0.2) is 68.5 Å². The molecule has 0 radical (unpaired) electrons. The lowest BCUT2D eigenvalue weighted by Gasteiger charge is -2.29. The molecule has 1 amide bonds. The summed E-state index contributed by atoms with van der Waals surface area (Å²) in [7, 11) is 1.23. The van der Waals surface area contributed by atoms with Crippen LogP contribution < -0.4 is 10.2 Å². The molecule has 0 aliphatic carbocycles. The summed E-state index contributed by atoms with van der Waals surface area (Å²) in [6, 6.07) is -0.914. The SMILES string of the molecule is CC/C=C\C/C=C\C/C=C\C/C=C\CCCCCCCCCCCCCCCCC(=O)NC(COP(=O)([O-])OCC[N+](C)(C)C)C(O)/C=C/CC/C=C/CC/C=C/CCCCCCCCC. The molecule has 0 aliphatic rings. The van der Waals surface area contributed by atoms with Crippen LogP contribution in [0.15, 0.2) is 85.1 Å². The van der Waals surface area contributed by atoms with Gasteiger partial charge in [0.25, 0.3) is 7.82 Å². The Bertz CT molecular complexity index is 1350. The van der Waals surface area contributed by atoms with E-state index in [0.29, 0.717) is 17.4 Å². The summed E-state index contributed by atoms with van der Waals surface area (Å²) in [6.07, 6.45) is 66.5. The largest absolute Gasteiger partial charge is 0.756 e. The zero-order valence-electron chi connectivity index (χ0n) is 43.4. The molecule has 3 unspecified atom stereocenters. The standard InChI is InChI=1S/C57H103N2O6P/c1-6-8-10-12-14-16-18-20-22-24-25-26-27-28-29-30-31-32-33-35-37-39-41-43-45-47-49-51-57(61)58-55(54-65-66(62,63)64-53-52-59(3,4)5)56(60)50-48-46-44-42-40-38-36-34-23-21-19-17-15-13-11-9-7-2/h8,10,14,16,20,22-23,25-26,34,40,42,48,50,55-56,60H,6-7,9,11-13,15,17-19,21,24,27-33,35-39,41,43-47,49,51-54H2,1-5H3,(H-,58,61,62,63)/b10-8-,16-14-,22-20-,26-25-,34-23+,42-40+,50-48+. The first-order chi connectivity index (χ1) is 32.0. The molecule has 0 aromatic rings. The Morgan fingerprint density at radius 3 is 1.41 bits per heavy atom. The lowest BCUT2D eigenvalue weighted by atomic mass is 10.0. The monoisotopic (exact) mass is 943 g/mol. The van der Waals surface area contributed by atoms with E-state index in [1.54, 1.807) is 6.08 Å². The van der Waals surface area contributed by atoms with Gasteiger partial charge in [0.15, 0.2) is 0 Å². The lowest BCUT2D eigenvalue weighted by Crippen LogP contribution is -2.45. The predicted octanol–water partition coefficient (Wildman–Crippen LogP) is 15.5. The van der Waals surface area contributed by atoms with Crippen LogP contribution in [0.25, 0.3) is 0 Å². The van der Waals surface area contributed by atoms with Crippen molar-refractivity contribution in [2.75, 3.05) is 40.9 Å². The lowest BCUT2D eigenvalue weighted by molar-refractivity contribution is -0.870. The van der Waals surface area contributed by atoms with Gasteiger partial charge in [-0.05, 0) is 83.5 Å². The number of phosphoric ester groups is 1. The fourth-order valence-corrected chi connectivity index (χ4v) is 8.07. The van der Waals surface area contributed by atoms with Crippen molar-refractivity contribution in [1.29, 1.82) is 0 Å². The smallest absolute Gasteiger partial charge is 0.268 e. The zero-order chi connectivity index (χ0) is 48.5. The van der Waals surface area contributed by atoms with E-state index >= 15 is 0 Å². The summed E-state index contributed by atoms with van der Waals surface area (Å²) in [5.74, 6) is -0.215. The van der Waals surface area contributed by atoms with Crippen LogP contribution in [0, 0.1) is 0 Å². The quantitative estimate of drug-likeness (QED) is 0.0272. The van der Waals surface area contributed by atoms with Gasteiger partial charge >= 0.3 is 0 Å². The number of aliphatic hydroxyl groups is 1. The molecule has 0 aliphatic heterocycles. The first-order valence-corrected chi connectivity index (χ1v) is 28.4. The third-order valence-corrected chi connectivity index (χ3v) is 12.5. The zero-order valence-corrected chi connectivity index (χ0v) is 44.3. The maximum absolute atomic E-state index is 12.9. The fraction of sp³-hybridized carbons (Fsp3) is 0.737. The topological polar surface area (TPSA) is 108 Å². The normalized spacial score (nSPS) is 14.7. The van der Waals surface area contributed by atoms with Gasteiger partial charge in [-0.2, -0.15) is 0 Å². The molecule has 0 fully saturated rings. The van der Waals surface area contributed by atoms with Gasteiger partial charge in [-0.3, -0.25) is 9.36 Å². The third-order valence-electron chi connectivity index (χ3n) is 11.6. The number of phosphoric acid groups is 1. The molecule has 0 spiro atoms. The summed E-state index contributed by atoms with van der Waals surface area (Å²) in [4.78, 5) is 25.4. The molecule has 0 rings (SSSR count). The first-order valence-electron chi connectivity index (χ1n) is 26.9. The molecule has 0 aromatic carbocycles. The molecule has 3 atom stereocenters. The molecule has 0 saturated carbocycles. The van der Waals surface area contributed by atoms with Crippen LogP contribution in [0.4, 0.5) is 0 Å². The molecule has 8 nitrogen and oxygen atoms in total. The molecular formula is C57H103N2O6P. The first kappa shape index (κ1) is 63.7. The van der Waals surface area contributed by atoms with Crippen molar-refractivity contribution >= 4 is 13.7 Å². The van der Waals surface area contributed by atoms with Crippen LogP contribution in [0.2, 0.25) is 0 Å². The Labute approximate surface area is 407 Å². The number of likely N-dealkylation sites (N-methyl/N-ethyl adjacent to an activating group) is 1. The number of hydrogen-bond acceptors (Lipinski definition) is 6. The van der Waals surface area contributed by atoms with Crippen LogP contribution >= 0.6 is 7.82 Å². The second-order valence-electron chi connectivity index (χ2n) is 19.2. The van der Waals surface area contributed by atoms with Gasteiger partial charge < -0.3 is 28.8 Å².